The molecule has 1 atom stereocenters. The van der Waals surface area contributed by atoms with E-state index in [1.165, 1.54) is 0 Å². The van der Waals surface area contributed by atoms with Crippen molar-refractivity contribution in [2.75, 3.05) is 30.5 Å². The third-order valence-corrected chi connectivity index (χ3v) is 4.40. The molecule has 0 aromatic carbocycles. The maximum Gasteiger partial charge on any atom is 0.315 e. The molecule has 0 radical (unpaired) electrons. The van der Waals surface area contributed by atoms with Crippen LogP contribution in [0.1, 0.15) is 13.3 Å². The van der Waals surface area contributed by atoms with Gasteiger partial charge in [0.15, 0.2) is 0 Å². The fourth-order valence-electron chi connectivity index (χ4n) is 1.08. The van der Waals surface area contributed by atoms with Crippen molar-refractivity contribution in [3.8, 4) is 0 Å². The van der Waals surface area contributed by atoms with Gasteiger partial charge in [0.1, 0.15) is 0 Å². The Kier molecular flexibility index (Phi) is 6.71. The Morgan fingerprint density at radius 3 is 2.44 bits per heavy atom. The molecule has 1 saturated heterocycles. The summed E-state index contributed by atoms with van der Waals surface area (Å²) in [6.07, 6.45) is 0.572. The number of hydrogen-bond acceptors (Lipinski definition) is 6. The standard InChI is InChI=1S/C10H16O4S2/c1-8-5-15-6-9(11)13-3-2-4-14-10(12)7-16-8/h8H,2-7H2,1H3. The van der Waals surface area contributed by atoms with Gasteiger partial charge in [0.05, 0.1) is 24.7 Å². The Morgan fingerprint density at radius 2 is 1.75 bits per heavy atom. The summed E-state index contributed by atoms with van der Waals surface area (Å²) < 4.78 is 9.95. The van der Waals surface area contributed by atoms with Crippen LogP contribution in [0.4, 0.5) is 0 Å². The van der Waals surface area contributed by atoms with E-state index in [1.807, 2.05) is 6.92 Å². The van der Waals surface area contributed by atoms with Crippen molar-refractivity contribution in [1.82, 2.24) is 0 Å². The van der Waals surface area contributed by atoms with Crippen LogP contribution in [-0.4, -0.2) is 47.7 Å². The van der Waals surface area contributed by atoms with Crippen LogP contribution in [0.3, 0.4) is 0 Å². The van der Waals surface area contributed by atoms with E-state index in [0.717, 1.165) is 5.75 Å². The van der Waals surface area contributed by atoms with E-state index in [1.54, 1.807) is 23.5 Å². The third-order valence-electron chi connectivity index (χ3n) is 1.87. The fraction of sp³-hybridized carbons (Fsp3) is 0.800. The highest BCUT2D eigenvalue weighted by atomic mass is 32.2. The predicted molar refractivity (Wildman–Crippen MR) is 65.8 cm³/mol. The zero-order valence-electron chi connectivity index (χ0n) is 9.27. The molecule has 0 bridgehead atoms. The second kappa shape index (κ2) is 7.84. The van der Waals surface area contributed by atoms with Gasteiger partial charge in [-0.05, 0) is 0 Å². The third kappa shape index (κ3) is 6.27. The number of carbonyl (C=O) groups is 2. The summed E-state index contributed by atoms with van der Waals surface area (Å²) in [4.78, 5) is 22.4. The highest BCUT2D eigenvalue weighted by Crippen LogP contribution is 2.16. The molecule has 0 aliphatic carbocycles. The summed E-state index contributed by atoms with van der Waals surface area (Å²) in [5.74, 6) is 1.24. The van der Waals surface area contributed by atoms with Crippen LogP contribution >= 0.6 is 23.5 Å². The van der Waals surface area contributed by atoms with Crippen molar-refractivity contribution in [2.24, 2.45) is 0 Å². The van der Waals surface area contributed by atoms with E-state index in [4.69, 9.17) is 9.47 Å². The van der Waals surface area contributed by atoms with Gasteiger partial charge in [-0.3, -0.25) is 9.59 Å². The molecule has 1 rings (SSSR count). The molecule has 0 aromatic heterocycles. The molecule has 1 aliphatic heterocycles. The highest BCUT2D eigenvalue weighted by molar-refractivity contribution is 8.03. The first kappa shape index (κ1) is 13.7. The number of cyclic esters (lactones) is 2. The van der Waals surface area contributed by atoms with Crippen LogP contribution in [0.2, 0.25) is 0 Å². The van der Waals surface area contributed by atoms with Crippen molar-refractivity contribution in [3.63, 3.8) is 0 Å². The smallest absolute Gasteiger partial charge is 0.315 e. The lowest BCUT2D eigenvalue weighted by molar-refractivity contribution is -0.142. The summed E-state index contributed by atoms with van der Waals surface area (Å²) in [5.41, 5.74) is 0. The molecule has 1 aliphatic rings. The summed E-state index contributed by atoms with van der Waals surface area (Å²) in [6, 6.07) is 0. The number of esters is 2. The van der Waals surface area contributed by atoms with E-state index in [2.05, 4.69) is 0 Å². The predicted octanol–water partition coefficient (Wildman–Crippen LogP) is 1.33. The lowest BCUT2D eigenvalue weighted by atomic mass is 10.5. The minimum Gasteiger partial charge on any atom is -0.465 e. The molecule has 1 heterocycles. The second-order valence-electron chi connectivity index (χ2n) is 3.43. The Bertz CT molecular complexity index is 245. The average Bonchev–Trinajstić information content (AvgIpc) is 2.26. The summed E-state index contributed by atoms with van der Waals surface area (Å²) in [7, 11) is 0. The zero-order chi connectivity index (χ0) is 11.8. The minimum absolute atomic E-state index is 0.187. The van der Waals surface area contributed by atoms with Gasteiger partial charge in [0, 0.05) is 17.4 Å². The summed E-state index contributed by atoms with van der Waals surface area (Å²) >= 11 is 3.10. The van der Waals surface area contributed by atoms with Gasteiger partial charge in [-0.15, -0.1) is 23.5 Å². The van der Waals surface area contributed by atoms with Gasteiger partial charge in [0.25, 0.3) is 0 Å². The molecule has 0 saturated carbocycles. The maximum absolute atomic E-state index is 11.2. The van der Waals surface area contributed by atoms with Gasteiger partial charge in [-0.2, -0.15) is 0 Å². The van der Waals surface area contributed by atoms with E-state index >= 15 is 0 Å². The number of rotatable bonds is 0. The van der Waals surface area contributed by atoms with Crippen LogP contribution < -0.4 is 0 Å². The number of carbonyl (C=O) groups excluding carboxylic acids is 2. The molecule has 6 heteroatoms. The lowest BCUT2D eigenvalue weighted by Gasteiger charge is -2.09. The van der Waals surface area contributed by atoms with Crippen LogP contribution in [-0.2, 0) is 19.1 Å². The topological polar surface area (TPSA) is 52.6 Å². The van der Waals surface area contributed by atoms with Crippen molar-refractivity contribution in [1.29, 1.82) is 0 Å². The Hall–Kier alpha value is -0.360. The normalized spacial score (nSPS) is 25.7. The van der Waals surface area contributed by atoms with Crippen LogP contribution in [0.25, 0.3) is 0 Å². The minimum atomic E-state index is -0.188. The molecule has 4 nitrogen and oxygen atoms in total. The van der Waals surface area contributed by atoms with E-state index < -0.39 is 0 Å². The Labute approximate surface area is 104 Å². The van der Waals surface area contributed by atoms with Gasteiger partial charge < -0.3 is 9.47 Å². The maximum atomic E-state index is 11.2. The van der Waals surface area contributed by atoms with Gasteiger partial charge in [0.2, 0.25) is 0 Å². The lowest BCUT2D eigenvalue weighted by Crippen LogP contribution is -2.12. The number of ether oxygens (including phenoxy) is 2. The Balaban J connectivity index is 2.36. The van der Waals surface area contributed by atoms with Crippen molar-refractivity contribution in [2.45, 2.75) is 18.6 Å². The van der Waals surface area contributed by atoms with Gasteiger partial charge in [-0.25, -0.2) is 0 Å². The first-order valence-corrected chi connectivity index (χ1v) is 7.39. The van der Waals surface area contributed by atoms with Crippen LogP contribution in [0.5, 0.6) is 0 Å². The molecular weight excluding hydrogens is 248 g/mol. The van der Waals surface area contributed by atoms with E-state index in [0.29, 0.717) is 36.4 Å². The SMILES string of the molecule is CC1CSCC(=O)OCCCOC(=O)CS1. The summed E-state index contributed by atoms with van der Waals surface area (Å²) in [6.45, 7) is 2.69. The van der Waals surface area contributed by atoms with Gasteiger partial charge in [-0.1, -0.05) is 6.92 Å². The van der Waals surface area contributed by atoms with Crippen molar-refractivity contribution in [3.05, 3.63) is 0 Å². The Morgan fingerprint density at radius 1 is 1.12 bits per heavy atom. The molecule has 1 unspecified atom stereocenters. The monoisotopic (exact) mass is 264 g/mol. The molecule has 0 aromatic rings. The zero-order valence-corrected chi connectivity index (χ0v) is 10.9. The van der Waals surface area contributed by atoms with Crippen LogP contribution in [0.15, 0.2) is 0 Å². The number of thioether (sulfide) groups is 2. The highest BCUT2D eigenvalue weighted by Gasteiger charge is 2.11. The quantitative estimate of drug-likeness (QED) is 0.615. The van der Waals surface area contributed by atoms with Crippen LogP contribution in [0, 0.1) is 0 Å². The fourth-order valence-corrected chi connectivity index (χ4v) is 2.96. The van der Waals surface area contributed by atoms with Crippen molar-refractivity contribution < 1.29 is 19.1 Å². The molecule has 0 spiro atoms. The molecule has 1 fully saturated rings. The first-order valence-electron chi connectivity index (χ1n) is 5.19. The largest absolute Gasteiger partial charge is 0.465 e. The summed E-state index contributed by atoms with van der Waals surface area (Å²) in [5, 5.41) is 0.339. The molecule has 0 N–H and O–H groups in total. The second-order valence-corrected chi connectivity index (χ2v) is 5.89. The number of hydrogen-bond donors (Lipinski definition) is 0. The average molecular weight is 264 g/mol. The van der Waals surface area contributed by atoms with Gasteiger partial charge >= 0.3 is 11.9 Å². The van der Waals surface area contributed by atoms with E-state index in [9.17, 15) is 9.59 Å². The molecule has 92 valence electrons. The molecule has 16 heavy (non-hydrogen) atoms. The molecular formula is C10H16O4S2. The van der Waals surface area contributed by atoms with E-state index in [-0.39, 0.29) is 11.9 Å². The van der Waals surface area contributed by atoms with Crippen molar-refractivity contribution >= 4 is 35.5 Å². The first-order chi connectivity index (χ1) is 7.68. The molecule has 0 amide bonds.